The minimum atomic E-state index is -0.503. The Hall–Kier alpha value is -3.53. The standard InChI is InChI=1S/C23H27FN8O/c1-5-32-12-18-20(29-32)17(7-25-21(18)30-8-13(2)26-14(3)9-30)23(33)28-16-6-19(24)22-27-15(4)10-31(22)11-16/h6-7,10-14,26H,5,8-9H2,1-4H3,(H,28,33). The maximum Gasteiger partial charge on any atom is 0.259 e. The molecular formula is C23H27FN8O. The topological polar surface area (TPSA) is 92.4 Å². The molecule has 1 saturated heterocycles. The van der Waals surface area contributed by atoms with E-state index in [1.54, 1.807) is 29.9 Å². The van der Waals surface area contributed by atoms with Crippen LogP contribution < -0.4 is 15.5 Å². The third-order valence-electron chi connectivity index (χ3n) is 5.88. The molecule has 4 aromatic rings. The van der Waals surface area contributed by atoms with Crippen LogP contribution in [-0.2, 0) is 6.54 Å². The van der Waals surface area contributed by atoms with Crippen molar-refractivity contribution in [2.24, 2.45) is 0 Å². The van der Waals surface area contributed by atoms with Crippen molar-refractivity contribution in [1.29, 1.82) is 0 Å². The number of rotatable bonds is 4. The molecule has 2 atom stereocenters. The summed E-state index contributed by atoms with van der Waals surface area (Å²) in [5, 5.41) is 11.8. The largest absolute Gasteiger partial charge is 0.353 e. The highest BCUT2D eigenvalue weighted by Crippen LogP contribution is 2.28. The SMILES string of the molecule is CCn1cc2c(N3CC(C)NC(C)C3)ncc(C(=O)Nc3cc(F)c4nc(C)cn4c3)c2n1. The Bertz CT molecular complexity index is 1350. The van der Waals surface area contributed by atoms with Crippen LogP contribution in [0.4, 0.5) is 15.9 Å². The number of aryl methyl sites for hydroxylation is 2. The van der Waals surface area contributed by atoms with Crippen molar-refractivity contribution in [3.8, 4) is 0 Å². The van der Waals surface area contributed by atoms with Gasteiger partial charge in [0.2, 0.25) is 0 Å². The zero-order valence-electron chi connectivity index (χ0n) is 19.1. The number of hydrogen-bond donors (Lipinski definition) is 2. The van der Waals surface area contributed by atoms with Crippen molar-refractivity contribution in [2.75, 3.05) is 23.3 Å². The lowest BCUT2D eigenvalue weighted by Gasteiger charge is -2.37. The van der Waals surface area contributed by atoms with Crippen LogP contribution in [0, 0.1) is 12.7 Å². The number of hydrogen-bond acceptors (Lipinski definition) is 6. The van der Waals surface area contributed by atoms with Gasteiger partial charge in [0.15, 0.2) is 11.5 Å². The van der Waals surface area contributed by atoms with Gasteiger partial charge >= 0.3 is 0 Å². The fraction of sp³-hybridized carbons (Fsp3) is 0.391. The van der Waals surface area contributed by atoms with E-state index in [2.05, 4.69) is 44.4 Å². The Labute approximate surface area is 190 Å². The first-order valence-corrected chi connectivity index (χ1v) is 11.2. The molecule has 10 heteroatoms. The Morgan fingerprint density at radius 2 is 2.00 bits per heavy atom. The van der Waals surface area contributed by atoms with E-state index in [4.69, 9.17) is 0 Å². The maximum atomic E-state index is 14.5. The zero-order valence-corrected chi connectivity index (χ0v) is 19.1. The normalized spacial score (nSPS) is 18.9. The number of piperazine rings is 1. The molecule has 0 radical (unpaired) electrons. The second-order valence-corrected chi connectivity index (χ2v) is 8.76. The first-order chi connectivity index (χ1) is 15.8. The van der Waals surface area contributed by atoms with Gasteiger partial charge in [-0.3, -0.25) is 9.48 Å². The quantitative estimate of drug-likeness (QED) is 0.497. The molecule has 172 valence electrons. The summed E-state index contributed by atoms with van der Waals surface area (Å²) in [7, 11) is 0. The predicted octanol–water partition coefficient (Wildman–Crippen LogP) is 2.99. The smallest absolute Gasteiger partial charge is 0.259 e. The zero-order chi connectivity index (χ0) is 23.3. The first-order valence-electron chi connectivity index (χ1n) is 11.2. The monoisotopic (exact) mass is 450 g/mol. The minimum absolute atomic E-state index is 0.222. The molecule has 0 aliphatic carbocycles. The fourth-order valence-electron chi connectivity index (χ4n) is 4.57. The van der Waals surface area contributed by atoms with E-state index in [0.717, 1.165) is 24.3 Å². The van der Waals surface area contributed by atoms with Gasteiger partial charge in [0.25, 0.3) is 5.91 Å². The Morgan fingerprint density at radius 3 is 2.73 bits per heavy atom. The molecule has 4 aromatic heterocycles. The summed E-state index contributed by atoms with van der Waals surface area (Å²) in [6.07, 6.45) is 6.85. The molecular weight excluding hydrogens is 423 g/mol. The molecule has 0 aromatic carbocycles. The summed E-state index contributed by atoms with van der Waals surface area (Å²) in [5.74, 6) is -0.0717. The first kappa shape index (κ1) is 21.3. The van der Waals surface area contributed by atoms with Gasteiger partial charge in [-0.1, -0.05) is 0 Å². The number of halogens is 1. The highest BCUT2D eigenvalue weighted by atomic mass is 19.1. The van der Waals surface area contributed by atoms with Crippen LogP contribution in [0.2, 0.25) is 0 Å². The van der Waals surface area contributed by atoms with E-state index in [-0.39, 0.29) is 5.65 Å². The van der Waals surface area contributed by atoms with Crippen LogP contribution in [-0.4, -0.2) is 55.2 Å². The Kier molecular flexibility index (Phi) is 5.24. The van der Waals surface area contributed by atoms with Gasteiger partial charge < -0.3 is 19.9 Å². The van der Waals surface area contributed by atoms with Gasteiger partial charge in [0.05, 0.1) is 22.3 Å². The average Bonchev–Trinajstić information content (AvgIpc) is 3.35. The van der Waals surface area contributed by atoms with Crippen LogP contribution in [0.25, 0.3) is 16.6 Å². The van der Waals surface area contributed by atoms with E-state index in [0.29, 0.717) is 41.1 Å². The van der Waals surface area contributed by atoms with Crippen molar-refractivity contribution < 1.29 is 9.18 Å². The number of aromatic nitrogens is 5. The lowest BCUT2D eigenvalue weighted by Crippen LogP contribution is -2.54. The molecule has 2 unspecified atom stereocenters. The Balaban J connectivity index is 1.52. The van der Waals surface area contributed by atoms with Crippen molar-refractivity contribution >= 4 is 34.0 Å². The molecule has 1 fully saturated rings. The van der Waals surface area contributed by atoms with Crippen molar-refractivity contribution in [2.45, 2.75) is 46.3 Å². The second kappa shape index (κ2) is 8.11. The van der Waals surface area contributed by atoms with Crippen LogP contribution in [0.3, 0.4) is 0 Å². The van der Waals surface area contributed by atoms with E-state index < -0.39 is 11.7 Å². The lowest BCUT2D eigenvalue weighted by atomic mass is 10.1. The molecule has 9 nitrogen and oxygen atoms in total. The molecule has 2 N–H and O–H groups in total. The van der Waals surface area contributed by atoms with E-state index in [1.165, 1.54) is 6.07 Å². The van der Waals surface area contributed by atoms with Crippen LogP contribution in [0.5, 0.6) is 0 Å². The summed E-state index contributed by atoms with van der Waals surface area (Å²) < 4.78 is 17.8. The molecule has 33 heavy (non-hydrogen) atoms. The molecule has 1 aliphatic heterocycles. The fourth-order valence-corrected chi connectivity index (χ4v) is 4.57. The highest BCUT2D eigenvalue weighted by molar-refractivity contribution is 6.13. The third-order valence-corrected chi connectivity index (χ3v) is 5.88. The number of nitrogens with zero attached hydrogens (tertiary/aromatic N) is 6. The Morgan fingerprint density at radius 1 is 1.24 bits per heavy atom. The molecule has 1 aliphatic rings. The summed E-state index contributed by atoms with van der Waals surface area (Å²) in [4.78, 5) is 24.3. The van der Waals surface area contributed by atoms with Gasteiger partial charge in [-0.15, -0.1) is 0 Å². The van der Waals surface area contributed by atoms with Crippen molar-refractivity contribution in [3.05, 3.63) is 47.9 Å². The van der Waals surface area contributed by atoms with Crippen molar-refractivity contribution in [3.63, 3.8) is 0 Å². The van der Waals surface area contributed by atoms with E-state index in [1.807, 2.05) is 17.8 Å². The number of pyridine rings is 2. The minimum Gasteiger partial charge on any atom is -0.353 e. The number of fused-ring (bicyclic) bond motifs is 2. The van der Waals surface area contributed by atoms with Gasteiger partial charge in [-0.25, -0.2) is 14.4 Å². The third kappa shape index (κ3) is 3.91. The van der Waals surface area contributed by atoms with E-state index >= 15 is 0 Å². The number of nitrogens with one attached hydrogen (secondary N) is 2. The summed E-state index contributed by atoms with van der Waals surface area (Å²) >= 11 is 0. The molecule has 5 rings (SSSR count). The second-order valence-electron chi connectivity index (χ2n) is 8.76. The number of amides is 1. The summed E-state index contributed by atoms with van der Waals surface area (Å²) in [6, 6.07) is 1.92. The van der Waals surface area contributed by atoms with Gasteiger partial charge in [0.1, 0.15) is 11.3 Å². The van der Waals surface area contributed by atoms with Crippen molar-refractivity contribution in [1.82, 2.24) is 29.5 Å². The van der Waals surface area contributed by atoms with Crippen LogP contribution in [0.15, 0.2) is 30.9 Å². The average molecular weight is 451 g/mol. The lowest BCUT2D eigenvalue weighted by molar-refractivity contribution is 0.102. The molecule has 1 amide bonds. The number of imidazole rings is 1. The maximum absolute atomic E-state index is 14.5. The predicted molar refractivity (Wildman–Crippen MR) is 125 cm³/mol. The van der Waals surface area contributed by atoms with Gasteiger partial charge in [-0.05, 0) is 27.7 Å². The van der Waals surface area contributed by atoms with E-state index in [9.17, 15) is 9.18 Å². The molecule has 0 spiro atoms. The van der Waals surface area contributed by atoms with Gasteiger partial charge in [0, 0.05) is 62.6 Å². The van der Waals surface area contributed by atoms with Gasteiger partial charge in [-0.2, -0.15) is 5.10 Å². The molecule has 5 heterocycles. The number of carbonyl (C=O) groups is 1. The highest BCUT2D eigenvalue weighted by Gasteiger charge is 2.26. The summed E-state index contributed by atoms with van der Waals surface area (Å²) in [6.45, 7) is 10.4. The summed E-state index contributed by atoms with van der Waals surface area (Å²) in [5.41, 5.74) is 2.18. The van der Waals surface area contributed by atoms with Crippen LogP contribution in [0.1, 0.15) is 36.8 Å². The number of carbonyl (C=O) groups excluding carboxylic acids is 1. The van der Waals surface area contributed by atoms with Crippen LogP contribution >= 0.6 is 0 Å². The number of anilines is 2. The molecule has 0 saturated carbocycles. The molecule has 0 bridgehead atoms.